The molecule has 0 saturated carbocycles. The number of carboxylic acid groups (broad SMARTS) is 1. The van der Waals surface area contributed by atoms with Gasteiger partial charge in [-0.05, 0) is 38.5 Å². The normalized spacial score (nSPS) is 21.2. The molecule has 0 spiro atoms. The summed E-state index contributed by atoms with van der Waals surface area (Å²) in [4.78, 5) is 15.7. The Balaban J connectivity index is 2.04. The zero-order chi connectivity index (χ0) is 14.5. The van der Waals surface area contributed by atoms with Crippen LogP contribution in [0.25, 0.3) is 0 Å². The Bertz CT molecular complexity index is 435. The molecule has 4 heteroatoms. The molecule has 20 heavy (non-hydrogen) atoms. The van der Waals surface area contributed by atoms with Gasteiger partial charge < -0.3 is 10.0 Å². The molecule has 0 radical (unpaired) electrons. The highest BCUT2D eigenvalue weighted by molar-refractivity contribution is 5.67. The molecule has 2 rings (SSSR count). The number of hydrogen-bond donors (Lipinski definition) is 1. The second kappa shape index (κ2) is 6.86. The van der Waals surface area contributed by atoms with Gasteiger partial charge in [0.25, 0.3) is 0 Å². The van der Waals surface area contributed by atoms with Crippen molar-refractivity contribution in [1.82, 2.24) is 9.80 Å². The lowest BCUT2D eigenvalue weighted by atomic mass is 10.0. The van der Waals surface area contributed by atoms with Gasteiger partial charge in [0.05, 0.1) is 6.42 Å². The van der Waals surface area contributed by atoms with Gasteiger partial charge in [-0.25, -0.2) is 0 Å². The summed E-state index contributed by atoms with van der Waals surface area (Å²) in [5, 5.41) is 9.16. The first-order valence-electron chi connectivity index (χ1n) is 7.21. The number of aliphatic carboxylic acids is 1. The van der Waals surface area contributed by atoms with Crippen molar-refractivity contribution < 1.29 is 9.90 Å². The molecule has 1 N–H and O–H groups in total. The molecule has 1 saturated heterocycles. The third kappa shape index (κ3) is 4.05. The maximum atomic E-state index is 11.1. The predicted molar refractivity (Wildman–Crippen MR) is 79.7 cm³/mol. The fraction of sp³-hybridized carbons (Fsp3) is 0.562. The Hall–Kier alpha value is -1.39. The highest BCUT2D eigenvalue weighted by Crippen LogP contribution is 2.25. The van der Waals surface area contributed by atoms with E-state index in [0.29, 0.717) is 5.92 Å². The van der Waals surface area contributed by atoms with E-state index >= 15 is 0 Å². The summed E-state index contributed by atoms with van der Waals surface area (Å²) in [5.41, 5.74) is 1.09. The minimum atomic E-state index is -0.741. The van der Waals surface area contributed by atoms with Crippen molar-refractivity contribution in [1.29, 1.82) is 0 Å². The molecule has 1 aromatic rings. The summed E-state index contributed by atoms with van der Waals surface area (Å²) in [6.45, 7) is 3.21. The number of likely N-dealkylation sites (tertiary alicyclic amines) is 1. The topological polar surface area (TPSA) is 43.8 Å². The molecule has 2 unspecified atom stereocenters. The second-order valence-corrected chi connectivity index (χ2v) is 5.88. The van der Waals surface area contributed by atoms with Crippen molar-refractivity contribution in [3.63, 3.8) is 0 Å². The lowest BCUT2D eigenvalue weighted by molar-refractivity contribution is -0.138. The Morgan fingerprint density at radius 1 is 1.45 bits per heavy atom. The SMILES string of the molecule is CN1CCC(CN(C)C(CC(=O)O)c2ccccc2)C1. The van der Waals surface area contributed by atoms with E-state index in [2.05, 4.69) is 16.8 Å². The van der Waals surface area contributed by atoms with E-state index in [1.54, 1.807) is 0 Å². The van der Waals surface area contributed by atoms with E-state index < -0.39 is 5.97 Å². The van der Waals surface area contributed by atoms with Gasteiger partial charge in [-0.15, -0.1) is 0 Å². The molecule has 0 aliphatic carbocycles. The van der Waals surface area contributed by atoms with E-state index in [1.807, 2.05) is 37.4 Å². The van der Waals surface area contributed by atoms with Gasteiger partial charge in [0, 0.05) is 19.1 Å². The van der Waals surface area contributed by atoms with Crippen LogP contribution in [0.5, 0.6) is 0 Å². The van der Waals surface area contributed by atoms with Crippen molar-refractivity contribution in [2.75, 3.05) is 33.7 Å². The Morgan fingerprint density at radius 2 is 2.15 bits per heavy atom. The van der Waals surface area contributed by atoms with E-state index in [4.69, 9.17) is 5.11 Å². The summed E-state index contributed by atoms with van der Waals surface area (Å²) in [6, 6.07) is 9.91. The molecule has 1 heterocycles. The van der Waals surface area contributed by atoms with Crippen LogP contribution < -0.4 is 0 Å². The molecule has 1 fully saturated rings. The van der Waals surface area contributed by atoms with Gasteiger partial charge in [0.15, 0.2) is 0 Å². The van der Waals surface area contributed by atoms with Gasteiger partial charge in [-0.1, -0.05) is 30.3 Å². The predicted octanol–water partition coefficient (Wildman–Crippen LogP) is 2.09. The van der Waals surface area contributed by atoms with Crippen molar-refractivity contribution in [3.05, 3.63) is 35.9 Å². The van der Waals surface area contributed by atoms with Crippen LogP contribution in [0.2, 0.25) is 0 Å². The van der Waals surface area contributed by atoms with Crippen LogP contribution in [0.3, 0.4) is 0 Å². The van der Waals surface area contributed by atoms with Crippen molar-refractivity contribution >= 4 is 5.97 Å². The molecule has 1 aromatic carbocycles. The van der Waals surface area contributed by atoms with Crippen LogP contribution >= 0.6 is 0 Å². The first-order chi connectivity index (χ1) is 9.56. The van der Waals surface area contributed by atoms with Crippen molar-refractivity contribution in [2.45, 2.75) is 18.9 Å². The average Bonchev–Trinajstić information content (AvgIpc) is 2.82. The van der Waals surface area contributed by atoms with Crippen molar-refractivity contribution in [2.24, 2.45) is 5.92 Å². The molecule has 1 aliphatic heterocycles. The third-order valence-electron chi connectivity index (χ3n) is 4.12. The molecule has 2 atom stereocenters. The summed E-state index contributed by atoms with van der Waals surface area (Å²) in [6.07, 6.45) is 1.36. The monoisotopic (exact) mass is 276 g/mol. The number of hydrogen-bond acceptors (Lipinski definition) is 3. The molecule has 0 bridgehead atoms. The third-order valence-corrected chi connectivity index (χ3v) is 4.12. The minimum Gasteiger partial charge on any atom is -0.481 e. The van der Waals surface area contributed by atoms with Crippen molar-refractivity contribution in [3.8, 4) is 0 Å². The number of rotatable bonds is 6. The smallest absolute Gasteiger partial charge is 0.305 e. The van der Waals surface area contributed by atoms with Crippen LogP contribution in [-0.4, -0.2) is 54.6 Å². The second-order valence-electron chi connectivity index (χ2n) is 5.88. The summed E-state index contributed by atoms with van der Waals surface area (Å²) in [5.74, 6) is -0.0979. The van der Waals surface area contributed by atoms with E-state index in [1.165, 1.54) is 6.42 Å². The lowest BCUT2D eigenvalue weighted by Gasteiger charge is -2.29. The molecular formula is C16H24N2O2. The summed E-state index contributed by atoms with van der Waals surface area (Å²) < 4.78 is 0. The summed E-state index contributed by atoms with van der Waals surface area (Å²) >= 11 is 0. The van der Waals surface area contributed by atoms with E-state index in [-0.39, 0.29) is 12.5 Å². The minimum absolute atomic E-state index is 0.0420. The van der Waals surface area contributed by atoms with Crippen LogP contribution in [0.4, 0.5) is 0 Å². The number of nitrogens with zero attached hydrogens (tertiary/aromatic N) is 2. The van der Waals surface area contributed by atoms with Gasteiger partial charge in [-0.2, -0.15) is 0 Å². The Morgan fingerprint density at radius 3 is 2.70 bits per heavy atom. The number of benzene rings is 1. The fourth-order valence-corrected chi connectivity index (χ4v) is 3.08. The van der Waals surface area contributed by atoms with Gasteiger partial charge in [-0.3, -0.25) is 9.69 Å². The van der Waals surface area contributed by atoms with E-state index in [0.717, 1.165) is 25.2 Å². The summed E-state index contributed by atoms with van der Waals surface area (Å²) in [7, 11) is 4.19. The molecule has 0 amide bonds. The van der Waals surface area contributed by atoms with Crippen LogP contribution in [-0.2, 0) is 4.79 Å². The molecule has 4 nitrogen and oxygen atoms in total. The lowest BCUT2D eigenvalue weighted by Crippen LogP contribution is -2.32. The number of carboxylic acids is 1. The van der Waals surface area contributed by atoms with Crippen LogP contribution in [0, 0.1) is 5.92 Å². The Labute approximate surface area is 121 Å². The van der Waals surface area contributed by atoms with Crippen LogP contribution in [0.1, 0.15) is 24.4 Å². The largest absolute Gasteiger partial charge is 0.481 e. The fourth-order valence-electron chi connectivity index (χ4n) is 3.08. The van der Waals surface area contributed by atoms with Crippen LogP contribution in [0.15, 0.2) is 30.3 Å². The van der Waals surface area contributed by atoms with E-state index in [9.17, 15) is 4.79 Å². The molecular weight excluding hydrogens is 252 g/mol. The first kappa shape index (κ1) is 15.0. The first-order valence-corrected chi connectivity index (χ1v) is 7.21. The van der Waals surface area contributed by atoms with Gasteiger partial charge >= 0.3 is 5.97 Å². The van der Waals surface area contributed by atoms with Gasteiger partial charge in [0.1, 0.15) is 0 Å². The highest BCUT2D eigenvalue weighted by atomic mass is 16.4. The standard InChI is InChI=1S/C16H24N2O2/c1-17-9-8-13(11-17)12-18(2)15(10-16(19)20)14-6-4-3-5-7-14/h3-7,13,15H,8-12H2,1-2H3,(H,19,20). The zero-order valence-corrected chi connectivity index (χ0v) is 12.3. The highest BCUT2D eigenvalue weighted by Gasteiger charge is 2.26. The van der Waals surface area contributed by atoms with Gasteiger partial charge in [0.2, 0.25) is 0 Å². The average molecular weight is 276 g/mol. The maximum absolute atomic E-state index is 11.1. The maximum Gasteiger partial charge on any atom is 0.305 e. The molecule has 0 aromatic heterocycles. The number of carbonyl (C=O) groups is 1. The zero-order valence-electron chi connectivity index (χ0n) is 12.3. The quantitative estimate of drug-likeness (QED) is 0.864. The molecule has 110 valence electrons. The molecule has 1 aliphatic rings. The Kier molecular flexibility index (Phi) is 5.15.